The number of hydrogen-bond donors (Lipinski definition) is 3. The number of carbonyl (C=O) groups is 4. The number of rotatable bonds is 7. The highest BCUT2D eigenvalue weighted by atomic mass is 16.2. The molecule has 2 rings (SSSR count). The van der Waals surface area contributed by atoms with Gasteiger partial charge in [-0.15, -0.1) is 0 Å². The van der Waals surface area contributed by atoms with Gasteiger partial charge < -0.3 is 20.9 Å². The molecule has 30 heavy (non-hydrogen) atoms. The Hall–Kier alpha value is -2.90. The highest BCUT2D eigenvalue weighted by Crippen LogP contribution is 2.22. The van der Waals surface area contributed by atoms with E-state index in [1.807, 2.05) is 12.1 Å². The SMILES string of the molecule is CNC(=O)C1CCCN1C(=O)CNC(=O)CCNC(=O)c1ccc(C(C)(C)C)cc1. The van der Waals surface area contributed by atoms with Gasteiger partial charge >= 0.3 is 0 Å². The highest BCUT2D eigenvalue weighted by molar-refractivity contribution is 5.94. The van der Waals surface area contributed by atoms with Gasteiger partial charge in [-0.1, -0.05) is 32.9 Å². The third-order valence-electron chi connectivity index (χ3n) is 5.21. The molecule has 1 saturated heterocycles. The van der Waals surface area contributed by atoms with E-state index in [0.717, 1.165) is 12.0 Å². The van der Waals surface area contributed by atoms with Crippen LogP contribution in [0.25, 0.3) is 0 Å². The Labute approximate surface area is 177 Å². The second kappa shape index (κ2) is 10.2. The van der Waals surface area contributed by atoms with Crippen LogP contribution in [0.3, 0.4) is 0 Å². The lowest BCUT2D eigenvalue weighted by Gasteiger charge is -2.23. The molecule has 0 radical (unpaired) electrons. The molecule has 1 heterocycles. The predicted molar refractivity (Wildman–Crippen MR) is 114 cm³/mol. The lowest BCUT2D eigenvalue weighted by molar-refractivity contribution is -0.138. The lowest BCUT2D eigenvalue weighted by Crippen LogP contribution is -2.48. The van der Waals surface area contributed by atoms with Crippen molar-refractivity contribution in [1.82, 2.24) is 20.9 Å². The summed E-state index contributed by atoms with van der Waals surface area (Å²) >= 11 is 0. The Balaban J connectivity index is 1.72. The van der Waals surface area contributed by atoms with Gasteiger partial charge in [0.1, 0.15) is 6.04 Å². The van der Waals surface area contributed by atoms with Crippen molar-refractivity contribution in [3.05, 3.63) is 35.4 Å². The number of benzene rings is 1. The largest absolute Gasteiger partial charge is 0.357 e. The first kappa shape index (κ1) is 23.4. The van der Waals surface area contributed by atoms with E-state index in [9.17, 15) is 19.2 Å². The molecule has 3 N–H and O–H groups in total. The summed E-state index contributed by atoms with van der Waals surface area (Å²) in [6.07, 6.45) is 1.46. The van der Waals surface area contributed by atoms with Crippen LogP contribution >= 0.6 is 0 Å². The Morgan fingerprint density at radius 2 is 1.73 bits per heavy atom. The molecule has 1 aliphatic rings. The zero-order valence-corrected chi connectivity index (χ0v) is 18.2. The Morgan fingerprint density at radius 1 is 1.07 bits per heavy atom. The summed E-state index contributed by atoms with van der Waals surface area (Å²) in [5.74, 6) is -1.05. The molecule has 0 aromatic heterocycles. The lowest BCUT2D eigenvalue weighted by atomic mass is 9.87. The molecule has 8 nitrogen and oxygen atoms in total. The van der Waals surface area contributed by atoms with Crippen molar-refractivity contribution < 1.29 is 19.2 Å². The molecule has 0 spiro atoms. The maximum Gasteiger partial charge on any atom is 0.251 e. The first-order valence-corrected chi connectivity index (χ1v) is 10.3. The van der Waals surface area contributed by atoms with Crippen molar-refractivity contribution in [3.63, 3.8) is 0 Å². The highest BCUT2D eigenvalue weighted by Gasteiger charge is 2.33. The van der Waals surface area contributed by atoms with Gasteiger partial charge in [0, 0.05) is 32.1 Å². The van der Waals surface area contributed by atoms with Crippen LogP contribution in [0, 0.1) is 0 Å². The van der Waals surface area contributed by atoms with E-state index in [1.54, 1.807) is 12.1 Å². The third kappa shape index (κ3) is 6.30. The van der Waals surface area contributed by atoms with Crippen molar-refractivity contribution in [1.29, 1.82) is 0 Å². The molecule has 1 aromatic carbocycles. The summed E-state index contributed by atoms with van der Waals surface area (Å²) in [6, 6.07) is 6.93. The van der Waals surface area contributed by atoms with E-state index >= 15 is 0 Å². The van der Waals surface area contributed by atoms with Crippen LogP contribution in [-0.2, 0) is 19.8 Å². The van der Waals surface area contributed by atoms with Crippen molar-refractivity contribution in [2.24, 2.45) is 0 Å². The fourth-order valence-electron chi connectivity index (χ4n) is 3.38. The van der Waals surface area contributed by atoms with Gasteiger partial charge in [-0.25, -0.2) is 0 Å². The first-order valence-electron chi connectivity index (χ1n) is 10.3. The summed E-state index contributed by atoms with van der Waals surface area (Å²) < 4.78 is 0. The zero-order valence-electron chi connectivity index (χ0n) is 18.2. The fourth-order valence-corrected chi connectivity index (χ4v) is 3.38. The topological polar surface area (TPSA) is 108 Å². The summed E-state index contributed by atoms with van der Waals surface area (Å²) in [7, 11) is 1.54. The number of likely N-dealkylation sites (N-methyl/N-ethyl adjacent to an activating group) is 1. The monoisotopic (exact) mass is 416 g/mol. The van der Waals surface area contributed by atoms with Gasteiger partial charge in [0.15, 0.2) is 0 Å². The molecule has 4 amide bonds. The van der Waals surface area contributed by atoms with Gasteiger partial charge in [-0.3, -0.25) is 19.2 Å². The van der Waals surface area contributed by atoms with E-state index < -0.39 is 6.04 Å². The van der Waals surface area contributed by atoms with Crippen LogP contribution in [0.1, 0.15) is 56.0 Å². The van der Waals surface area contributed by atoms with E-state index in [2.05, 4.69) is 36.7 Å². The first-order chi connectivity index (χ1) is 14.1. The summed E-state index contributed by atoms with van der Waals surface area (Å²) in [4.78, 5) is 49.8. The van der Waals surface area contributed by atoms with Crippen molar-refractivity contribution in [3.8, 4) is 0 Å². The number of nitrogens with one attached hydrogen (secondary N) is 3. The molecule has 0 saturated carbocycles. The summed E-state index contributed by atoms with van der Waals surface area (Å²) in [5.41, 5.74) is 1.69. The molecule has 0 aliphatic carbocycles. The minimum Gasteiger partial charge on any atom is -0.357 e. The molecule has 0 bridgehead atoms. The second-order valence-corrected chi connectivity index (χ2v) is 8.47. The smallest absolute Gasteiger partial charge is 0.251 e. The van der Waals surface area contributed by atoms with Crippen molar-refractivity contribution in [2.45, 2.75) is 51.5 Å². The van der Waals surface area contributed by atoms with E-state index in [-0.39, 0.29) is 48.6 Å². The Morgan fingerprint density at radius 3 is 2.33 bits per heavy atom. The number of likely N-dealkylation sites (tertiary alicyclic amines) is 1. The van der Waals surface area contributed by atoms with E-state index in [1.165, 1.54) is 11.9 Å². The van der Waals surface area contributed by atoms with Crippen molar-refractivity contribution in [2.75, 3.05) is 26.7 Å². The summed E-state index contributed by atoms with van der Waals surface area (Å²) in [5, 5.41) is 7.83. The average Bonchev–Trinajstić information content (AvgIpc) is 3.20. The third-order valence-corrected chi connectivity index (χ3v) is 5.21. The maximum absolute atomic E-state index is 12.3. The molecule has 1 atom stereocenters. The van der Waals surface area contributed by atoms with Gasteiger partial charge in [0.2, 0.25) is 17.7 Å². The van der Waals surface area contributed by atoms with Crippen molar-refractivity contribution >= 4 is 23.6 Å². The quantitative estimate of drug-likeness (QED) is 0.615. The van der Waals surface area contributed by atoms with Gasteiger partial charge in [-0.2, -0.15) is 0 Å². The number of hydrogen-bond acceptors (Lipinski definition) is 4. The number of amides is 4. The molecular formula is C22H32N4O4. The second-order valence-electron chi connectivity index (χ2n) is 8.47. The van der Waals surface area contributed by atoms with E-state index in [0.29, 0.717) is 18.5 Å². The molecule has 1 fully saturated rings. The van der Waals surface area contributed by atoms with Crippen LogP contribution in [-0.4, -0.2) is 61.3 Å². The predicted octanol–water partition coefficient (Wildman–Crippen LogP) is 0.957. The van der Waals surface area contributed by atoms with Gasteiger partial charge in [0.05, 0.1) is 6.54 Å². The van der Waals surface area contributed by atoms with Crippen LogP contribution in [0.5, 0.6) is 0 Å². The Kier molecular flexibility index (Phi) is 7.97. The fraction of sp³-hybridized carbons (Fsp3) is 0.545. The minimum atomic E-state index is -0.469. The Bertz CT molecular complexity index is 783. The average molecular weight is 417 g/mol. The standard InChI is InChI=1S/C22H32N4O4/c1-22(2,3)16-9-7-15(8-10-16)20(29)24-12-11-18(27)25-14-19(28)26-13-5-6-17(26)21(30)23-4/h7-10,17H,5-6,11-14H2,1-4H3,(H,23,30)(H,24,29)(H,25,27). The molecule has 164 valence electrons. The van der Waals surface area contributed by atoms with E-state index in [4.69, 9.17) is 0 Å². The molecule has 1 aliphatic heterocycles. The van der Waals surface area contributed by atoms with Crippen LogP contribution in [0.15, 0.2) is 24.3 Å². The van der Waals surface area contributed by atoms with Crippen LogP contribution < -0.4 is 16.0 Å². The van der Waals surface area contributed by atoms with Gasteiger partial charge in [-0.05, 0) is 36.0 Å². The summed E-state index contributed by atoms with van der Waals surface area (Å²) in [6.45, 7) is 6.84. The normalized spacial score (nSPS) is 16.1. The van der Waals surface area contributed by atoms with Gasteiger partial charge in [0.25, 0.3) is 5.91 Å². The molecule has 1 aromatic rings. The van der Waals surface area contributed by atoms with Crippen LogP contribution in [0.2, 0.25) is 0 Å². The zero-order chi connectivity index (χ0) is 22.3. The number of carbonyl (C=O) groups excluding carboxylic acids is 4. The minimum absolute atomic E-state index is 0.0138. The maximum atomic E-state index is 12.3. The van der Waals surface area contributed by atoms with Crippen LogP contribution in [0.4, 0.5) is 0 Å². The number of nitrogens with zero attached hydrogens (tertiary/aromatic N) is 1. The molecule has 8 heteroatoms. The molecular weight excluding hydrogens is 384 g/mol. The molecule has 1 unspecified atom stereocenters.